The fraction of sp³-hybridized carbons (Fsp3) is 0.125. The SMILES string of the molecule is CCOc1cc(F)c(Cn2nc(-c3cc(Nc4ccncn4)ncn3)c3ccccc32)c(F)c1. The second kappa shape index (κ2) is 9.18. The Bertz CT molecular complexity index is 1430. The molecule has 0 amide bonds. The molecule has 10 heteroatoms. The Labute approximate surface area is 193 Å². The Hall–Kier alpha value is -4.47. The van der Waals surface area contributed by atoms with Crippen molar-refractivity contribution < 1.29 is 13.5 Å². The van der Waals surface area contributed by atoms with Crippen molar-refractivity contribution in [3.05, 3.63) is 84.6 Å². The molecule has 170 valence electrons. The summed E-state index contributed by atoms with van der Waals surface area (Å²) in [5.74, 6) is -0.134. The molecule has 3 heterocycles. The second-order valence-electron chi connectivity index (χ2n) is 7.33. The van der Waals surface area contributed by atoms with Crippen molar-refractivity contribution in [2.24, 2.45) is 0 Å². The van der Waals surface area contributed by atoms with Crippen LogP contribution in [0.5, 0.6) is 5.75 Å². The molecule has 0 aliphatic carbocycles. The van der Waals surface area contributed by atoms with Gasteiger partial charge >= 0.3 is 0 Å². The second-order valence-corrected chi connectivity index (χ2v) is 7.33. The van der Waals surface area contributed by atoms with Crippen LogP contribution in [0.3, 0.4) is 0 Å². The number of halogens is 2. The van der Waals surface area contributed by atoms with Crippen LogP contribution in [0.25, 0.3) is 22.3 Å². The van der Waals surface area contributed by atoms with E-state index in [-0.39, 0.29) is 17.9 Å². The van der Waals surface area contributed by atoms with E-state index in [1.807, 2.05) is 24.3 Å². The number of nitrogens with one attached hydrogen (secondary N) is 1. The number of nitrogens with zero attached hydrogens (tertiary/aromatic N) is 6. The maximum atomic E-state index is 14.7. The van der Waals surface area contributed by atoms with Crippen LogP contribution >= 0.6 is 0 Å². The number of aromatic nitrogens is 6. The lowest BCUT2D eigenvalue weighted by molar-refractivity contribution is 0.335. The maximum Gasteiger partial charge on any atom is 0.135 e. The molecule has 0 spiro atoms. The summed E-state index contributed by atoms with van der Waals surface area (Å²) in [7, 11) is 0. The summed E-state index contributed by atoms with van der Waals surface area (Å²) >= 11 is 0. The van der Waals surface area contributed by atoms with Crippen molar-refractivity contribution in [3.8, 4) is 17.1 Å². The Morgan fingerprint density at radius 2 is 1.74 bits per heavy atom. The van der Waals surface area contributed by atoms with Crippen molar-refractivity contribution in [2.45, 2.75) is 13.5 Å². The Kier molecular flexibility index (Phi) is 5.77. The third kappa shape index (κ3) is 4.25. The number of rotatable bonds is 7. The molecular weight excluding hydrogens is 440 g/mol. The van der Waals surface area contributed by atoms with Crippen LogP contribution in [0.15, 0.2) is 67.4 Å². The lowest BCUT2D eigenvalue weighted by Gasteiger charge is -2.09. The van der Waals surface area contributed by atoms with E-state index in [0.717, 1.165) is 5.39 Å². The number of para-hydroxylation sites is 1. The minimum absolute atomic E-state index is 0.0955. The number of anilines is 2. The predicted octanol–water partition coefficient (Wildman–Crippen LogP) is 4.75. The summed E-state index contributed by atoms with van der Waals surface area (Å²) in [4.78, 5) is 16.6. The minimum atomic E-state index is -0.692. The monoisotopic (exact) mass is 459 g/mol. The summed E-state index contributed by atoms with van der Waals surface area (Å²) < 4.78 is 36.2. The molecule has 5 rings (SSSR count). The van der Waals surface area contributed by atoms with Gasteiger partial charge in [-0.3, -0.25) is 4.68 Å². The van der Waals surface area contributed by atoms with Gasteiger partial charge in [0.2, 0.25) is 0 Å². The highest BCUT2D eigenvalue weighted by Crippen LogP contribution is 2.29. The summed E-state index contributed by atoms with van der Waals surface area (Å²) in [5.41, 5.74) is 1.73. The molecule has 0 radical (unpaired) electrons. The van der Waals surface area contributed by atoms with Crippen molar-refractivity contribution in [1.29, 1.82) is 0 Å². The molecule has 0 fully saturated rings. The van der Waals surface area contributed by atoms with Gasteiger partial charge < -0.3 is 10.1 Å². The number of ether oxygens (including phenoxy) is 1. The average molecular weight is 459 g/mol. The average Bonchev–Trinajstić information content (AvgIpc) is 3.21. The third-order valence-corrected chi connectivity index (χ3v) is 5.14. The first-order chi connectivity index (χ1) is 16.6. The van der Waals surface area contributed by atoms with E-state index in [4.69, 9.17) is 4.74 Å². The van der Waals surface area contributed by atoms with Gasteiger partial charge in [0.1, 0.15) is 47.4 Å². The van der Waals surface area contributed by atoms with Gasteiger partial charge in [0.15, 0.2) is 0 Å². The molecule has 8 nitrogen and oxygen atoms in total. The van der Waals surface area contributed by atoms with E-state index >= 15 is 0 Å². The number of hydrogen-bond donors (Lipinski definition) is 1. The molecule has 5 aromatic rings. The standard InChI is InChI=1S/C24H19F2N7O/c1-2-34-15-9-18(25)17(19(26)10-15)12-33-21-6-4-3-5-16(21)24(32-33)20-11-23(30-14-28-20)31-22-7-8-27-13-29-22/h3-11,13-14H,2,12H2,1H3,(H,27,28,29,30,31). The van der Waals surface area contributed by atoms with Gasteiger partial charge in [-0.15, -0.1) is 0 Å². The normalized spacial score (nSPS) is 11.0. The van der Waals surface area contributed by atoms with Gasteiger partial charge in [0.25, 0.3) is 0 Å². The Balaban J connectivity index is 1.53. The zero-order chi connectivity index (χ0) is 23.5. The van der Waals surface area contributed by atoms with Crippen LogP contribution in [0, 0.1) is 11.6 Å². The molecule has 1 N–H and O–H groups in total. The minimum Gasteiger partial charge on any atom is -0.494 e. The van der Waals surface area contributed by atoms with Crippen LogP contribution in [-0.4, -0.2) is 36.3 Å². The molecule has 0 aliphatic rings. The molecule has 3 aromatic heterocycles. The third-order valence-electron chi connectivity index (χ3n) is 5.14. The van der Waals surface area contributed by atoms with E-state index in [1.165, 1.54) is 24.8 Å². The molecule has 2 aromatic carbocycles. The number of fused-ring (bicyclic) bond motifs is 1. The fourth-order valence-electron chi connectivity index (χ4n) is 3.62. The van der Waals surface area contributed by atoms with Gasteiger partial charge in [-0.05, 0) is 19.1 Å². The van der Waals surface area contributed by atoms with Gasteiger partial charge in [-0.1, -0.05) is 18.2 Å². The fourth-order valence-corrected chi connectivity index (χ4v) is 3.62. The van der Waals surface area contributed by atoms with E-state index < -0.39 is 11.6 Å². The lowest BCUT2D eigenvalue weighted by atomic mass is 10.1. The number of benzene rings is 2. The van der Waals surface area contributed by atoms with Crippen molar-refractivity contribution in [1.82, 2.24) is 29.7 Å². The molecule has 0 unspecified atom stereocenters. The first-order valence-electron chi connectivity index (χ1n) is 10.5. The zero-order valence-electron chi connectivity index (χ0n) is 18.1. The van der Waals surface area contributed by atoms with Crippen LogP contribution in [0.1, 0.15) is 12.5 Å². The molecule has 0 aliphatic heterocycles. The highest BCUT2D eigenvalue weighted by Gasteiger charge is 2.18. The van der Waals surface area contributed by atoms with Crippen molar-refractivity contribution in [2.75, 3.05) is 11.9 Å². The maximum absolute atomic E-state index is 14.7. The molecule has 0 saturated carbocycles. The summed E-state index contributed by atoms with van der Waals surface area (Å²) in [6.07, 6.45) is 4.46. The van der Waals surface area contributed by atoms with E-state index in [1.54, 1.807) is 29.9 Å². The summed E-state index contributed by atoms with van der Waals surface area (Å²) in [5, 5.41) is 8.54. The van der Waals surface area contributed by atoms with E-state index in [9.17, 15) is 8.78 Å². The largest absolute Gasteiger partial charge is 0.494 e. The number of hydrogen-bond acceptors (Lipinski definition) is 7. The Morgan fingerprint density at radius 3 is 2.50 bits per heavy atom. The quantitative estimate of drug-likeness (QED) is 0.376. The topological polar surface area (TPSA) is 90.6 Å². The molecular formula is C24H19F2N7O. The predicted molar refractivity (Wildman–Crippen MR) is 123 cm³/mol. The van der Waals surface area contributed by atoms with Crippen LogP contribution in [-0.2, 0) is 6.54 Å². The smallest absolute Gasteiger partial charge is 0.135 e. The van der Waals surface area contributed by atoms with Crippen LogP contribution < -0.4 is 10.1 Å². The van der Waals surface area contributed by atoms with Gasteiger partial charge in [-0.2, -0.15) is 5.10 Å². The van der Waals surface area contributed by atoms with E-state index in [0.29, 0.717) is 35.1 Å². The summed E-state index contributed by atoms with van der Waals surface area (Å²) in [6.45, 7) is 1.98. The first-order valence-corrected chi connectivity index (χ1v) is 10.5. The summed E-state index contributed by atoms with van der Waals surface area (Å²) in [6, 6.07) is 13.3. The molecule has 0 bridgehead atoms. The van der Waals surface area contributed by atoms with Gasteiger partial charge in [-0.25, -0.2) is 28.7 Å². The van der Waals surface area contributed by atoms with Crippen molar-refractivity contribution in [3.63, 3.8) is 0 Å². The zero-order valence-corrected chi connectivity index (χ0v) is 18.1. The highest BCUT2D eigenvalue weighted by atomic mass is 19.1. The van der Waals surface area contributed by atoms with Gasteiger partial charge in [0.05, 0.1) is 24.4 Å². The highest BCUT2D eigenvalue weighted by molar-refractivity contribution is 5.92. The lowest BCUT2D eigenvalue weighted by Crippen LogP contribution is -2.07. The molecule has 0 saturated heterocycles. The van der Waals surface area contributed by atoms with E-state index in [2.05, 4.69) is 30.4 Å². The first kappa shape index (κ1) is 21.4. The van der Waals surface area contributed by atoms with Crippen molar-refractivity contribution >= 4 is 22.5 Å². The Morgan fingerprint density at radius 1 is 0.941 bits per heavy atom. The van der Waals surface area contributed by atoms with Crippen LogP contribution in [0.4, 0.5) is 20.4 Å². The molecule has 34 heavy (non-hydrogen) atoms. The van der Waals surface area contributed by atoms with Gasteiger partial charge in [0, 0.05) is 35.3 Å². The van der Waals surface area contributed by atoms with Crippen LogP contribution in [0.2, 0.25) is 0 Å². The molecule has 0 atom stereocenters.